The molecule has 2 amide bonds. The molecule has 37 heavy (non-hydrogen) atoms. The molecule has 3 aromatic carbocycles. The maximum Gasteiger partial charge on any atom is 0.245 e. The second-order valence-corrected chi connectivity index (χ2v) is 9.33. The molecule has 1 atom stereocenters. The van der Waals surface area contributed by atoms with Crippen molar-refractivity contribution >= 4 is 35.3 Å². The Balaban J connectivity index is 1.36. The highest BCUT2D eigenvalue weighted by Gasteiger charge is 2.35. The summed E-state index contributed by atoms with van der Waals surface area (Å²) in [5.74, 6) is 0.321. The zero-order chi connectivity index (χ0) is 26.4. The number of hydrogen-bond donors (Lipinski definition) is 1. The molecule has 4 rings (SSSR count). The number of carbonyl (C=O) groups is 2. The number of aryl methyl sites for hydroxylation is 2. The molecule has 1 heterocycles. The van der Waals surface area contributed by atoms with Crippen molar-refractivity contribution < 1.29 is 19.1 Å². The lowest BCUT2D eigenvalue weighted by Crippen LogP contribution is -2.30. The zero-order valence-corrected chi connectivity index (χ0v) is 21.9. The van der Waals surface area contributed by atoms with E-state index in [0.717, 1.165) is 27.9 Å². The summed E-state index contributed by atoms with van der Waals surface area (Å²) < 4.78 is 11.7. The summed E-state index contributed by atoms with van der Waals surface area (Å²) in [7, 11) is 0. The fourth-order valence-corrected chi connectivity index (χ4v) is 4.24. The molecule has 0 bridgehead atoms. The minimum Gasteiger partial charge on any atom is -0.490 e. The van der Waals surface area contributed by atoms with Crippen LogP contribution in [0.5, 0.6) is 11.5 Å². The van der Waals surface area contributed by atoms with Gasteiger partial charge in [0.15, 0.2) is 11.5 Å². The molecule has 0 radical (unpaired) electrons. The quantitative estimate of drug-likeness (QED) is 0.301. The van der Waals surface area contributed by atoms with E-state index in [2.05, 4.69) is 10.5 Å². The summed E-state index contributed by atoms with van der Waals surface area (Å²) in [6.45, 7) is 7.03. The molecule has 7 nitrogen and oxygen atoms in total. The summed E-state index contributed by atoms with van der Waals surface area (Å²) >= 11 is 6.22. The number of rotatable bonds is 9. The van der Waals surface area contributed by atoms with Crippen molar-refractivity contribution in [2.45, 2.75) is 33.8 Å². The normalized spacial score (nSPS) is 15.3. The maximum atomic E-state index is 12.7. The molecular formula is C29H30ClN3O4. The van der Waals surface area contributed by atoms with Gasteiger partial charge in [0.05, 0.1) is 18.7 Å². The van der Waals surface area contributed by atoms with Crippen molar-refractivity contribution in [2.75, 3.05) is 18.1 Å². The number of anilines is 1. The third kappa shape index (κ3) is 6.49. The highest BCUT2D eigenvalue weighted by Crippen LogP contribution is 2.30. The van der Waals surface area contributed by atoms with E-state index in [1.807, 2.05) is 69.3 Å². The van der Waals surface area contributed by atoms with Crippen LogP contribution in [0.3, 0.4) is 0 Å². The largest absolute Gasteiger partial charge is 0.490 e. The van der Waals surface area contributed by atoms with Crippen LogP contribution in [-0.4, -0.2) is 31.2 Å². The molecule has 0 aliphatic carbocycles. The van der Waals surface area contributed by atoms with E-state index in [0.29, 0.717) is 36.3 Å². The van der Waals surface area contributed by atoms with Crippen molar-refractivity contribution in [1.82, 2.24) is 5.43 Å². The summed E-state index contributed by atoms with van der Waals surface area (Å²) in [6, 6.07) is 18.8. The van der Waals surface area contributed by atoms with Gasteiger partial charge in [0.1, 0.15) is 6.61 Å². The van der Waals surface area contributed by atoms with Crippen LogP contribution in [-0.2, 0) is 16.2 Å². The summed E-state index contributed by atoms with van der Waals surface area (Å²) in [4.78, 5) is 26.9. The summed E-state index contributed by atoms with van der Waals surface area (Å²) in [5.41, 5.74) is 7.25. The van der Waals surface area contributed by atoms with Crippen molar-refractivity contribution in [3.8, 4) is 11.5 Å². The van der Waals surface area contributed by atoms with Gasteiger partial charge in [-0.25, -0.2) is 5.43 Å². The van der Waals surface area contributed by atoms with Crippen LogP contribution in [0.15, 0.2) is 65.8 Å². The average molecular weight is 520 g/mol. The van der Waals surface area contributed by atoms with E-state index in [9.17, 15) is 9.59 Å². The Bertz CT molecular complexity index is 1320. The first-order valence-electron chi connectivity index (χ1n) is 12.2. The lowest BCUT2D eigenvalue weighted by atomic mass is 10.1. The third-order valence-electron chi connectivity index (χ3n) is 6.29. The predicted molar refractivity (Wildman–Crippen MR) is 146 cm³/mol. The second-order valence-electron chi connectivity index (χ2n) is 8.93. The van der Waals surface area contributed by atoms with Gasteiger partial charge in [-0.1, -0.05) is 35.9 Å². The Kier molecular flexibility index (Phi) is 8.46. The van der Waals surface area contributed by atoms with Gasteiger partial charge < -0.3 is 14.4 Å². The van der Waals surface area contributed by atoms with Gasteiger partial charge in [0.25, 0.3) is 0 Å². The number of carbonyl (C=O) groups excluding carboxylic acids is 2. The Morgan fingerprint density at radius 2 is 1.89 bits per heavy atom. The molecule has 1 fully saturated rings. The first kappa shape index (κ1) is 26.2. The Morgan fingerprint density at radius 1 is 1.08 bits per heavy atom. The molecule has 3 aromatic rings. The molecule has 0 unspecified atom stereocenters. The second kappa shape index (κ2) is 11.9. The Hall–Kier alpha value is -3.84. The van der Waals surface area contributed by atoms with Crippen LogP contribution >= 0.6 is 11.6 Å². The Labute approximate surface area is 222 Å². The average Bonchev–Trinajstić information content (AvgIpc) is 3.28. The van der Waals surface area contributed by atoms with Crippen molar-refractivity contribution in [1.29, 1.82) is 0 Å². The SMILES string of the molecule is CCOc1cc(/C=N\NC(=O)[C@H]2CC(=O)N(c3ccc(C)c(C)c3)C2)ccc1OCc1ccccc1Cl. The van der Waals surface area contributed by atoms with E-state index in [1.165, 1.54) is 6.21 Å². The van der Waals surface area contributed by atoms with E-state index >= 15 is 0 Å². The van der Waals surface area contributed by atoms with E-state index in [-0.39, 0.29) is 18.2 Å². The highest BCUT2D eigenvalue weighted by molar-refractivity contribution is 6.31. The van der Waals surface area contributed by atoms with Crippen LogP contribution in [0.2, 0.25) is 5.02 Å². The van der Waals surface area contributed by atoms with Crippen LogP contribution in [0.1, 0.15) is 35.6 Å². The molecule has 8 heteroatoms. The number of amides is 2. The van der Waals surface area contributed by atoms with Gasteiger partial charge in [0.2, 0.25) is 11.8 Å². The zero-order valence-electron chi connectivity index (χ0n) is 21.2. The topological polar surface area (TPSA) is 80.2 Å². The number of nitrogens with one attached hydrogen (secondary N) is 1. The Morgan fingerprint density at radius 3 is 2.65 bits per heavy atom. The molecular weight excluding hydrogens is 490 g/mol. The first-order valence-corrected chi connectivity index (χ1v) is 12.6. The predicted octanol–water partition coefficient (Wildman–Crippen LogP) is 5.44. The van der Waals surface area contributed by atoms with Gasteiger partial charge in [-0.2, -0.15) is 5.10 Å². The van der Waals surface area contributed by atoms with Crippen LogP contribution in [0.25, 0.3) is 0 Å². The van der Waals surface area contributed by atoms with E-state index in [1.54, 1.807) is 17.0 Å². The fourth-order valence-electron chi connectivity index (χ4n) is 4.05. The van der Waals surface area contributed by atoms with Gasteiger partial charge in [0, 0.05) is 29.2 Å². The first-order chi connectivity index (χ1) is 17.9. The van der Waals surface area contributed by atoms with Gasteiger partial charge in [-0.05, 0) is 73.9 Å². The fraction of sp³-hybridized carbons (Fsp3) is 0.276. The van der Waals surface area contributed by atoms with Crippen molar-refractivity contribution in [3.05, 3.63) is 87.9 Å². The minimum atomic E-state index is -0.467. The number of hydrazone groups is 1. The number of benzene rings is 3. The lowest BCUT2D eigenvalue weighted by Gasteiger charge is -2.17. The van der Waals surface area contributed by atoms with Gasteiger partial charge >= 0.3 is 0 Å². The number of nitrogens with zero attached hydrogens (tertiary/aromatic N) is 2. The maximum absolute atomic E-state index is 12.7. The van der Waals surface area contributed by atoms with Crippen LogP contribution in [0.4, 0.5) is 5.69 Å². The van der Waals surface area contributed by atoms with Gasteiger partial charge in [-0.3, -0.25) is 9.59 Å². The monoisotopic (exact) mass is 519 g/mol. The molecule has 192 valence electrons. The molecule has 1 N–H and O–H groups in total. The standard InChI is InChI=1S/C29H30ClN3O4/c1-4-36-27-14-21(10-12-26(27)37-18-22-7-5-6-8-25(22)30)16-31-32-29(35)23-15-28(34)33(17-23)24-11-9-19(2)20(3)13-24/h5-14,16,23H,4,15,17-18H2,1-3H3,(H,32,35)/b31-16-/t23-/m0/s1. The van der Waals surface area contributed by atoms with Crippen molar-refractivity contribution in [3.63, 3.8) is 0 Å². The van der Waals surface area contributed by atoms with E-state index in [4.69, 9.17) is 21.1 Å². The molecule has 0 aromatic heterocycles. The lowest BCUT2D eigenvalue weighted by molar-refractivity contribution is -0.126. The number of ether oxygens (including phenoxy) is 2. The molecule has 1 aliphatic heterocycles. The van der Waals surface area contributed by atoms with Crippen LogP contribution in [0, 0.1) is 19.8 Å². The van der Waals surface area contributed by atoms with Crippen LogP contribution < -0.4 is 19.8 Å². The number of halogens is 1. The highest BCUT2D eigenvalue weighted by atomic mass is 35.5. The van der Waals surface area contributed by atoms with Gasteiger partial charge in [-0.15, -0.1) is 0 Å². The summed E-state index contributed by atoms with van der Waals surface area (Å²) in [5, 5.41) is 4.74. The third-order valence-corrected chi connectivity index (χ3v) is 6.66. The molecule has 1 saturated heterocycles. The minimum absolute atomic E-state index is 0.0684. The molecule has 0 spiro atoms. The molecule has 1 aliphatic rings. The van der Waals surface area contributed by atoms with E-state index < -0.39 is 5.92 Å². The summed E-state index contributed by atoms with van der Waals surface area (Å²) in [6.07, 6.45) is 1.69. The molecule has 0 saturated carbocycles. The smallest absolute Gasteiger partial charge is 0.245 e. The van der Waals surface area contributed by atoms with Crippen molar-refractivity contribution in [2.24, 2.45) is 11.0 Å². The number of hydrogen-bond acceptors (Lipinski definition) is 5.